The molecular formula is C36H42F3N5O10S. The van der Waals surface area contributed by atoms with Crippen LogP contribution >= 0.6 is 0 Å². The number of hydrogen-bond donors (Lipinski definition) is 5. The molecule has 0 radical (unpaired) electrons. The number of amides is 4. The van der Waals surface area contributed by atoms with E-state index in [1.165, 1.54) is 32.2 Å². The lowest BCUT2D eigenvalue weighted by Crippen LogP contribution is -2.58. The Labute approximate surface area is 314 Å². The zero-order valence-corrected chi connectivity index (χ0v) is 30.9. The Morgan fingerprint density at radius 3 is 2.55 bits per heavy atom. The third-order valence-corrected chi connectivity index (χ3v) is 13.7. The van der Waals surface area contributed by atoms with Crippen LogP contribution in [0, 0.1) is 5.92 Å². The van der Waals surface area contributed by atoms with Crippen molar-refractivity contribution in [1.29, 1.82) is 0 Å². The van der Waals surface area contributed by atoms with E-state index in [0.29, 0.717) is 38.5 Å². The number of pyridine rings is 1. The van der Waals surface area contributed by atoms with Crippen molar-refractivity contribution in [2.45, 2.75) is 111 Å². The summed E-state index contributed by atoms with van der Waals surface area (Å²) < 4.78 is 82.6. The van der Waals surface area contributed by atoms with Gasteiger partial charge >= 0.3 is 12.3 Å². The Morgan fingerprint density at radius 2 is 1.87 bits per heavy atom. The highest BCUT2D eigenvalue weighted by atomic mass is 32.2. The van der Waals surface area contributed by atoms with E-state index in [2.05, 4.69) is 20.3 Å². The molecule has 15 nitrogen and oxygen atoms in total. The van der Waals surface area contributed by atoms with Crippen LogP contribution in [-0.4, -0.2) is 94.0 Å². The number of sulfonamides is 1. The van der Waals surface area contributed by atoms with Gasteiger partial charge in [0.05, 0.1) is 30.0 Å². The van der Waals surface area contributed by atoms with Gasteiger partial charge in [-0.05, 0) is 63.6 Å². The van der Waals surface area contributed by atoms with Gasteiger partial charge in [-0.2, -0.15) is 13.2 Å². The van der Waals surface area contributed by atoms with Crippen LogP contribution in [0.5, 0.6) is 11.5 Å². The topological polar surface area (TPSA) is 214 Å². The van der Waals surface area contributed by atoms with Gasteiger partial charge in [0.1, 0.15) is 29.0 Å². The predicted octanol–water partition coefficient (Wildman–Crippen LogP) is 3.45. The van der Waals surface area contributed by atoms with Crippen LogP contribution in [0.1, 0.15) is 88.5 Å². The SMILES string of the molecule is COc1ccc2nc(C(F)(F)F)c3c(c2c1)[C@@H](O)C[C@]1(C[C@H]2C(=O)N[C@]4(C(=O)NS(=O)(=O)C5(C)CC5)C[C@H]4C=CCCCCC[C@H](NC(=O)O)C(=O)N2C1)O3. The zero-order valence-electron chi connectivity index (χ0n) is 30.1. The van der Waals surface area contributed by atoms with Gasteiger partial charge in [0, 0.05) is 29.7 Å². The maximum Gasteiger partial charge on any atom is 0.437 e. The molecule has 3 fully saturated rings. The molecule has 7 rings (SSSR count). The third-order valence-electron chi connectivity index (χ3n) is 11.6. The number of hydrogen-bond acceptors (Lipinski definition) is 10. The van der Waals surface area contributed by atoms with Gasteiger partial charge in [-0.25, -0.2) is 18.2 Å². The monoisotopic (exact) mass is 793 g/mol. The van der Waals surface area contributed by atoms with Gasteiger partial charge in [-0.1, -0.05) is 25.0 Å². The minimum absolute atomic E-state index is 0.0298. The first-order chi connectivity index (χ1) is 25.8. The highest BCUT2D eigenvalue weighted by Crippen LogP contribution is 2.53. The van der Waals surface area contributed by atoms with E-state index >= 15 is 0 Å². The molecule has 0 bridgehead atoms. The lowest BCUT2D eigenvalue weighted by molar-refractivity contribution is -0.145. The molecule has 3 aliphatic heterocycles. The number of methoxy groups -OCH3 is 1. The predicted molar refractivity (Wildman–Crippen MR) is 187 cm³/mol. The first-order valence-corrected chi connectivity index (χ1v) is 19.6. The molecule has 1 aromatic heterocycles. The van der Waals surface area contributed by atoms with Crippen LogP contribution < -0.4 is 24.8 Å². The summed E-state index contributed by atoms with van der Waals surface area (Å²) in [4.78, 5) is 59.3. The molecule has 4 heterocycles. The number of ether oxygens (including phenoxy) is 2. The number of carbonyl (C=O) groups excluding carboxylic acids is 3. The lowest BCUT2D eigenvalue weighted by atomic mass is 9.85. The second-order valence-electron chi connectivity index (χ2n) is 15.5. The highest BCUT2D eigenvalue weighted by molar-refractivity contribution is 7.91. The molecule has 2 aliphatic carbocycles. The average molecular weight is 794 g/mol. The third kappa shape index (κ3) is 7.04. The number of halogens is 3. The summed E-state index contributed by atoms with van der Waals surface area (Å²) in [5.41, 5.74) is -5.28. The van der Waals surface area contributed by atoms with Gasteiger partial charge in [0.2, 0.25) is 21.8 Å². The van der Waals surface area contributed by atoms with Crippen molar-refractivity contribution in [1.82, 2.24) is 25.2 Å². The largest absolute Gasteiger partial charge is 0.497 e. The molecule has 19 heteroatoms. The number of aromatic nitrogens is 1. The number of alkyl halides is 3. The maximum absolute atomic E-state index is 14.6. The molecular weight excluding hydrogens is 751 g/mol. The van der Waals surface area contributed by atoms with E-state index < -0.39 is 104 Å². The molecule has 2 saturated carbocycles. The first kappa shape index (κ1) is 38.6. The summed E-state index contributed by atoms with van der Waals surface area (Å²) >= 11 is 0. The minimum atomic E-state index is -5.06. The Kier molecular flexibility index (Phi) is 9.50. The van der Waals surface area contributed by atoms with Gasteiger partial charge in [-0.15, -0.1) is 0 Å². The molecule has 55 heavy (non-hydrogen) atoms. The van der Waals surface area contributed by atoms with Crippen LogP contribution in [0.4, 0.5) is 18.0 Å². The van der Waals surface area contributed by atoms with E-state index in [0.717, 1.165) is 4.90 Å². The fourth-order valence-electron chi connectivity index (χ4n) is 8.07. The summed E-state index contributed by atoms with van der Waals surface area (Å²) in [6.45, 7) is 0.958. The normalized spacial score (nSPS) is 30.5. The minimum Gasteiger partial charge on any atom is -0.497 e. The summed E-state index contributed by atoms with van der Waals surface area (Å²) in [7, 11) is -2.76. The average Bonchev–Trinajstić information content (AvgIpc) is 4.00. The summed E-state index contributed by atoms with van der Waals surface area (Å²) in [5.74, 6) is -3.88. The number of fused-ring (bicyclic) bond motifs is 5. The van der Waals surface area contributed by atoms with Crippen molar-refractivity contribution in [3.05, 3.63) is 41.6 Å². The zero-order chi connectivity index (χ0) is 39.7. The molecule has 5 N–H and O–H groups in total. The molecule has 1 spiro atoms. The Hall–Kier alpha value is -4.65. The van der Waals surface area contributed by atoms with E-state index in [1.54, 1.807) is 6.08 Å². The second-order valence-corrected chi connectivity index (χ2v) is 17.7. The smallest absolute Gasteiger partial charge is 0.437 e. The van der Waals surface area contributed by atoms with Crippen LogP contribution in [0.25, 0.3) is 10.9 Å². The Balaban J connectivity index is 1.29. The molecule has 0 unspecified atom stereocenters. The summed E-state index contributed by atoms with van der Waals surface area (Å²) in [6.07, 6.45) is -2.54. The molecule has 298 valence electrons. The number of aliphatic hydroxyl groups excluding tert-OH is 1. The molecule has 2 aromatic rings. The summed E-state index contributed by atoms with van der Waals surface area (Å²) in [6, 6.07) is 1.25. The molecule has 5 aliphatic rings. The number of rotatable bonds is 5. The fraction of sp³-hybridized carbons (Fsp3) is 0.583. The van der Waals surface area contributed by atoms with E-state index in [4.69, 9.17) is 9.47 Å². The van der Waals surface area contributed by atoms with Crippen molar-refractivity contribution in [2.75, 3.05) is 13.7 Å². The number of carboxylic acid groups (broad SMARTS) is 1. The standard InChI is InChI=1S/C36H42F3N5O10S/c1-33(12-13-33)55(51,52)43-31(48)35-15-19(35)8-6-4-3-5-7-9-23(41-32(49)50)30(47)44-18-34(16-24(44)29(46)42-35)17-25(45)26-21-14-20(53-2)10-11-22(21)40-28(27(26)54-34)36(37,38)39/h6,8,10-11,14,19,23-25,41,45H,3-5,7,9,12-13,15-18H2,1-2H3,(H,42,46)(H,43,48)(H,49,50)/t19-,23+,24+,25+,34+,35-/m1/s1. The molecule has 6 atom stereocenters. The van der Waals surface area contributed by atoms with E-state index in [9.17, 15) is 51.0 Å². The van der Waals surface area contributed by atoms with Crippen molar-refractivity contribution in [3.63, 3.8) is 0 Å². The molecule has 4 amide bonds. The second kappa shape index (κ2) is 13.5. The number of aliphatic hydroxyl groups is 1. The van der Waals surface area contributed by atoms with Gasteiger partial charge < -0.3 is 35.2 Å². The number of carbonyl (C=O) groups is 4. The van der Waals surface area contributed by atoms with Gasteiger partial charge in [0.25, 0.3) is 5.91 Å². The fourth-order valence-corrected chi connectivity index (χ4v) is 9.38. The van der Waals surface area contributed by atoms with Gasteiger partial charge in [-0.3, -0.25) is 19.1 Å². The van der Waals surface area contributed by atoms with Crippen molar-refractivity contribution in [2.24, 2.45) is 5.92 Å². The Bertz CT molecular complexity index is 2090. The number of nitrogens with zero attached hydrogens (tertiary/aromatic N) is 2. The van der Waals surface area contributed by atoms with Crippen LogP contribution in [0.2, 0.25) is 0 Å². The van der Waals surface area contributed by atoms with Crippen molar-refractivity contribution >= 4 is 44.7 Å². The Morgan fingerprint density at radius 1 is 1.13 bits per heavy atom. The number of benzene rings is 1. The molecule has 1 saturated heterocycles. The van der Waals surface area contributed by atoms with Crippen molar-refractivity contribution < 1.29 is 60.5 Å². The first-order valence-electron chi connectivity index (χ1n) is 18.1. The van der Waals surface area contributed by atoms with E-state index in [1.807, 2.05) is 6.08 Å². The number of allylic oxidation sites excluding steroid dienone is 1. The van der Waals surface area contributed by atoms with Crippen LogP contribution in [0.3, 0.4) is 0 Å². The van der Waals surface area contributed by atoms with Crippen molar-refractivity contribution in [3.8, 4) is 11.5 Å². The quantitative estimate of drug-likeness (QED) is 0.277. The molecule has 1 aromatic carbocycles. The lowest BCUT2D eigenvalue weighted by Gasteiger charge is -2.39. The number of nitrogens with one attached hydrogen (secondary N) is 3. The van der Waals surface area contributed by atoms with Crippen LogP contribution in [-0.2, 0) is 30.6 Å². The van der Waals surface area contributed by atoms with Gasteiger partial charge in [0.15, 0.2) is 11.4 Å². The summed E-state index contributed by atoms with van der Waals surface area (Å²) in [5, 5.41) is 26.3. The maximum atomic E-state index is 14.6. The highest BCUT2D eigenvalue weighted by Gasteiger charge is 2.64. The van der Waals surface area contributed by atoms with E-state index in [-0.39, 0.29) is 41.5 Å². The van der Waals surface area contributed by atoms with Crippen LogP contribution in [0.15, 0.2) is 30.4 Å².